The van der Waals surface area contributed by atoms with E-state index in [0.717, 1.165) is 54.5 Å². The second-order valence-corrected chi connectivity index (χ2v) is 8.92. The molecule has 3 aromatic carbocycles. The van der Waals surface area contributed by atoms with Gasteiger partial charge in [-0.05, 0) is 47.5 Å². The number of carbonyl (C=O) groups excluding carboxylic acids is 1. The number of phenolic OH excluding ortho intramolecular Hbond substituents is 1. The van der Waals surface area contributed by atoms with Gasteiger partial charge in [-0.25, -0.2) is 5.01 Å². The molecule has 1 saturated heterocycles. The minimum Gasteiger partial charge on any atom is -0.508 e. The van der Waals surface area contributed by atoms with Crippen LogP contribution in [-0.4, -0.2) is 66.5 Å². The number of piperazine rings is 1. The second kappa shape index (κ2) is 10.2. The molecule has 0 spiro atoms. The van der Waals surface area contributed by atoms with E-state index >= 15 is 0 Å². The summed E-state index contributed by atoms with van der Waals surface area (Å²) in [5.74, 6) is 1.07. The Balaban J connectivity index is 1.29. The van der Waals surface area contributed by atoms with Crippen molar-refractivity contribution < 1.29 is 14.6 Å². The number of hydrogen-bond acceptors (Lipinski definition) is 6. The van der Waals surface area contributed by atoms with Crippen molar-refractivity contribution in [2.75, 3.05) is 44.7 Å². The molecule has 1 N–H and O–H groups in total. The van der Waals surface area contributed by atoms with Crippen molar-refractivity contribution >= 4 is 17.3 Å². The van der Waals surface area contributed by atoms with Crippen molar-refractivity contribution in [2.24, 2.45) is 5.10 Å². The lowest BCUT2D eigenvalue weighted by molar-refractivity contribution is -0.134. The lowest BCUT2D eigenvalue weighted by Crippen LogP contribution is -2.49. The van der Waals surface area contributed by atoms with E-state index < -0.39 is 0 Å². The zero-order valence-electron chi connectivity index (χ0n) is 19.9. The van der Waals surface area contributed by atoms with E-state index in [2.05, 4.69) is 9.80 Å². The van der Waals surface area contributed by atoms with Gasteiger partial charge in [0.25, 0.3) is 5.91 Å². The van der Waals surface area contributed by atoms with Crippen LogP contribution in [0.5, 0.6) is 11.5 Å². The maximum absolute atomic E-state index is 13.5. The van der Waals surface area contributed by atoms with Crippen LogP contribution in [0, 0.1) is 0 Å². The molecule has 2 aliphatic heterocycles. The number of methoxy groups -OCH3 is 1. The first-order chi connectivity index (χ1) is 17.1. The van der Waals surface area contributed by atoms with Gasteiger partial charge in [-0.1, -0.05) is 42.5 Å². The Morgan fingerprint density at radius 1 is 0.943 bits per heavy atom. The number of anilines is 1. The van der Waals surface area contributed by atoms with E-state index in [4.69, 9.17) is 9.84 Å². The molecule has 5 rings (SSSR count). The molecule has 2 heterocycles. The number of hydrazone groups is 1. The van der Waals surface area contributed by atoms with E-state index in [1.165, 1.54) is 0 Å². The number of carbonyl (C=O) groups is 1. The Morgan fingerprint density at radius 2 is 1.63 bits per heavy atom. The summed E-state index contributed by atoms with van der Waals surface area (Å²) in [6.07, 6.45) is 0.677. The third kappa shape index (κ3) is 5.15. The van der Waals surface area contributed by atoms with Gasteiger partial charge >= 0.3 is 0 Å². The zero-order valence-corrected chi connectivity index (χ0v) is 19.9. The molecule has 1 fully saturated rings. The molecule has 2 aliphatic rings. The van der Waals surface area contributed by atoms with Gasteiger partial charge in [-0.2, -0.15) is 5.10 Å². The summed E-state index contributed by atoms with van der Waals surface area (Å²) >= 11 is 0. The van der Waals surface area contributed by atoms with Gasteiger partial charge in [0.05, 0.1) is 25.4 Å². The highest BCUT2D eigenvalue weighted by Crippen LogP contribution is 2.34. The number of phenols is 1. The van der Waals surface area contributed by atoms with Crippen LogP contribution in [0.1, 0.15) is 23.6 Å². The maximum Gasteiger partial charge on any atom is 0.257 e. The number of aromatic hydroxyl groups is 1. The highest BCUT2D eigenvalue weighted by molar-refractivity contribution is 6.03. The van der Waals surface area contributed by atoms with Gasteiger partial charge in [0.2, 0.25) is 0 Å². The van der Waals surface area contributed by atoms with Crippen LogP contribution in [0.3, 0.4) is 0 Å². The van der Waals surface area contributed by atoms with Crippen LogP contribution in [0.4, 0.5) is 5.69 Å². The Bertz CT molecular complexity index is 1170. The number of hydrogen-bond donors (Lipinski definition) is 1. The SMILES string of the molecule is COc1ccc([C@@H]2CC(c3ccccc3)=NN2C(=O)CN2CCN(c3ccc(O)cc3)CC2)cc1. The highest BCUT2D eigenvalue weighted by atomic mass is 16.5. The van der Waals surface area contributed by atoms with Gasteiger partial charge in [0.15, 0.2) is 0 Å². The Kier molecular flexibility index (Phi) is 6.68. The lowest BCUT2D eigenvalue weighted by Gasteiger charge is -2.36. The summed E-state index contributed by atoms with van der Waals surface area (Å²) in [5, 5.41) is 16.0. The first-order valence-corrected chi connectivity index (χ1v) is 12.0. The molecule has 180 valence electrons. The van der Waals surface area contributed by atoms with Gasteiger partial charge < -0.3 is 14.7 Å². The van der Waals surface area contributed by atoms with Crippen LogP contribution < -0.4 is 9.64 Å². The first-order valence-electron chi connectivity index (χ1n) is 12.0. The predicted molar refractivity (Wildman–Crippen MR) is 137 cm³/mol. The van der Waals surface area contributed by atoms with Gasteiger partial charge in [0, 0.05) is 38.3 Å². The van der Waals surface area contributed by atoms with Gasteiger partial charge in [-0.3, -0.25) is 9.69 Å². The minimum atomic E-state index is -0.137. The fourth-order valence-corrected chi connectivity index (χ4v) is 4.72. The molecule has 0 bridgehead atoms. The third-order valence-electron chi connectivity index (χ3n) is 6.72. The Hall–Kier alpha value is -3.84. The summed E-state index contributed by atoms with van der Waals surface area (Å²) in [5.41, 5.74) is 4.11. The van der Waals surface area contributed by atoms with E-state index in [1.54, 1.807) is 24.3 Å². The lowest BCUT2D eigenvalue weighted by atomic mass is 9.98. The highest BCUT2D eigenvalue weighted by Gasteiger charge is 2.34. The maximum atomic E-state index is 13.5. The van der Waals surface area contributed by atoms with Crippen molar-refractivity contribution in [3.05, 3.63) is 90.0 Å². The fourth-order valence-electron chi connectivity index (χ4n) is 4.72. The first kappa shape index (κ1) is 22.9. The minimum absolute atomic E-state index is 0.00910. The van der Waals surface area contributed by atoms with E-state index in [9.17, 15) is 9.90 Å². The fraction of sp³-hybridized carbons (Fsp3) is 0.286. The van der Waals surface area contributed by atoms with Gasteiger partial charge in [0.1, 0.15) is 11.5 Å². The van der Waals surface area contributed by atoms with Crippen molar-refractivity contribution in [3.8, 4) is 11.5 Å². The summed E-state index contributed by atoms with van der Waals surface area (Å²) in [6.45, 7) is 3.59. The molecule has 0 aromatic heterocycles. The molecule has 35 heavy (non-hydrogen) atoms. The summed E-state index contributed by atoms with van der Waals surface area (Å²) in [7, 11) is 1.65. The Labute approximate surface area is 205 Å². The molecular formula is C28H30N4O3. The van der Waals surface area contributed by atoms with E-state index in [0.29, 0.717) is 13.0 Å². The van der Waals surface area contributed by atoms with E-state index in [1.807, 2.05) is 66.7 Å². The van der Waals surface area contributed by atoms with Crippen LogP contribution in [0.25, 0.3) is 0 Å². The van der Waals surface area contributed by atoms with Crippen molar-refractivity contribution in [2.45, 2.75) is 12.5 Å². The number of rotatable bonds is 6. The molecule has 1 amide bonds. The molecule has 0 radical (unpaired) electrons. The summed E-state index contributed by atoms with van der Waals surface area (Å²) in [6, 6.07) is 25.1. The Morgan fingerprint density at radius 3 is 2.29 bits per heavy atom. The van der Waals surface area contributed by atoms with Crippen LogP contribution in [0.15, 0.2) is 84.0 Å². The van der Waals surface area contributed by atoms with E-state index in [-0.39, 0.29) is 17.7 Å². The number of nitrogens with zero attached hydrogens (tertiary/aromatic N) is 4. The summed E-state index contributed by atoms with van der Waals surface area (Å²) in [4.78, 5) is 18.0. The topological polar surface area (TPSA) is 68.6 Å². The average molecular weight is 471 g/mol. The molecule has 7 heteroatoms. The third-order valence-corrected chi connectivity index (χ3v) is 6.72. The van der Waals surface area contributed by atoms with Crippen LogP contribution in [-0.2, 0) is 4.79 Å². The molecular weight excluding hydrogens is 440 g/mol. The molecule has 3 aromatic rings. The molecule has 1 atom stereocenters. The number of amides is 1. The van der Waals surface area contributed by atoms with Crippen LogP contribution >= 0.6 is 0 Å². The van der Waals surface area contributed by atoms with Crippen LogP contribution in [0.2, 0.25) is 0 Å². The molecule has 0 saturated carbocycles. The molecule has 0 aliphatic carbocycles. The monoisotopic (exact) mass is 470 g/mol. The normalized spacial score (nSPS) is 18.4. The second-order valence-electron chi connectivity index (χ2n) is 8.92. The number of benzene rings is 3. The largest absolute Gasteiger partial charge is 0.508 e. The molecule has 0 unspecified atom stereocenters. The van der Waals surface area contributed by atoms with Crippen molar-refractivity contribution in [3.63, 3.8) is 0 Å². The average Bonchev–Trinajstić information content (AvgIpc) is 3.36. The molecule has 7 nitrogen and oxygen atoms in total. The standard InChI is InChI=1S/C28H30N4O3/c1-35-25-13-7-22(8-14-25)27-19-26(21-5-3-2-4-6-21)29-32(27)28(34)20-30-15-17-31(18-16-30)23-9-11-24(33)12-10-23/h2-14,27,33H,15-20H2,1H3/t27-/m0/s1. The van der Waals surface area contributed by atoms with Crippen molar-refractivity contribution in [1.29, 1.82) is 0 Å². The smallest absolute Gasteiger partial charge is 0.257 e. The van der Waals surface area contributed by atoms with Crippen molar-refractivity contribution in [1.82, 2.24) is 9.91 Å². The summed E-state index contributed by atoms with van der Waals surface area (Å²) < 4.78 is 5.31. The zero-order chi connectivity index (χ0) is 24.2. The number of ether oxygens (including phenoxy) is 1. The quantitative estimate of drug-likeness (QED) is 0.592. The van der Waals surface area contributed by atoms with Gasteiger partial charge in [-0.15, -0.1) is 0 Å². The predicted octanol–water partition coefficient (Wildman–Crippen LogP) is 3.90.